The number of unbranched alkanes of at least 4 members (excludes halogenated alkanes) is 46. The van der Waals surface area contributed by atoms with Crippen LogP contribution in [0.3, 0.4) is 0 Å². The molecule has 0 spiro atoms. The Hall–Kier alpha value is -2.25. The van der Waals surface area contributed by atoms with E-state index in [2.05, 4.69) is 101 Å². The SMILES string of the molecule is CCCCCCCCCCCCCCCCCCCCCCCC=Cc1cccc(N=C(CCCC)C(CCCCCC)=Nc2cccc(C=CCCCCCCCCCCCCCCCCCCCCCCC)c2)c1.[Ni]. The van der Waals surface area contributed by atoms with Crippen molar-refractivity contribution in [2.45, 2.75) is 362 Å². The molecule has 2 aromatic rings. The van der Waals surface area contributed by atoms with Gasteiger partial charge in [0.2, 0.25) is 0 Å². The molecule has 0 aliphatic carbocycles. The Labute approximate surface area is 492 Å². The molecule has 444 valence electrons. The molecule has 0 N–H and O–H groups in total. The summed E-state index contributed by atoms with van der Waals surface area (Å²) >= 11 is 0. The zero-order chi connectivity index (χ0) is 54.1. The normalized spacial score (nSPS) is 12.2. The average Bonchev–Trinajstić information content (AvgIpc) is 3.43. The summed E-state index contributed by atoms with van der Waals surface area (Å²) in [6.45, 7) is 9.21. The standard InChI is InChI=1S/C74H128N2.Ni/c1-5-9-13-16-18-20-22-24-26-28-30-32-34-36-38-40-42-44-46-48-50-52-54-59-69-61-57-63-71(67-69)75-73(65-12-8-4)74(66-56-15-11-7-3)76-72-64-58-62-70(68-72)60-55-53-51-49-47-45-43-41-39-37-35-33-31-29-27-25-23-21-19-17-14-10-6-2;/h54-55,57-64,67-68H,5-53,56,65-66H2,1-4H3;. The van der Waals surface area contributed by atoms with Crippen LogP contribution in [-0.2, 0) is 16.5 Å². The van der Waals surface area contributed by atoms with Crippen LogP contribution in [0, 0.1) is 0 Å². The number of allylic oxidation sites excluding steroid dienone is 2. The molecule has 0 fully saturated rings. The molecule has 0 aromatic heterocycles. The van der Waals surface area contributed by atoms with Crippen LogP contribution in [-0.4, -0.2) is 11.4 Å². The van der Waals surface area contributed by atoms with Crippen LogP contribution in [0.2, 0.25) is 0 Å². The van der Waals surface area contributed by atoms with Crippen molar-refractivity contribution in [2.24, 2.45) is 9.98 Å². The van der Waals surface area contributed by atoms with E-state index in [1.807, 2.05) is 0 Å². The van der Waals surface area contributed by atoms with Crippen LogP contribution in [0.1, 0.15) is 373 Å². The van der Waals surface area contributed by atoms with E-state index < -0.39 is 0 Å². The van der Waals surface area contributed by atoms with Gasteiger partial charge in [0.25, 0.3) is 0 Å². The van der Waals surface area contributed by atoms with Gasteiger partial charge >= 0.3 is 0 Å². The number of aliphatic imine (C=N–C) groups is 2. The molecule has 2 nitrogen and oxygen atoms in total. The van der Waals surface area contributed by atoms with Crippen molar-refractivity contribution in [3.8, 4) is 0 Å². The molecule has 0 unspecified atom stereocenters. The van der Waals surface area contributed by atoms with Gasteiger partial charge in [0.1, 0.15) is 0 Å². The maximum absolute atomic E-state index is 5.40. The first kappa shape index (κ1) is 72.8. The Morgan fingerprint density at radius 2 is 0.519 bits per heavy atom. The molecule has 0 aliphatic heterocycles. The molecule has 3 heteroatoms. The Kier molecular flexibility index (Phi) is 55.2. The molecule has 0 saturated heterocycles. The van der Waals surface area contributed by atoms with Crippen molar-refractivity contribution in [2.75, 3.05) is 0 Å². The van der Waals surface area contributed by atoms with Gasteiger partial charge in [0, 0.05) is 16.5 Å². The summed E-state index contributed by atoms with van der Waals surface area (Å²) in [4.78, 5) is 10.8. The molecule has 0 radical (unpaired) electrons. The minimum atomic E-state index is 0. The molecule has 77 heavy (non-hydrogen) atoms. The minimum Gasteiger partial charge on any atom is -0.252 e. The topological polar surface area (TPSA) is 24.7 Å². The van der Waals surface area contributed by atoms with Crippen molar-refractivity contribution in [1.82, 2.24) is 0 Å². The third-order valence-corrected chi connectivity index (χ3v) is 16.2. The molecule has 0 bridgehead atoms. The van der Waals surface area contributed by atoms with E-state index in [-0.39, 0.29) is 16.5 Å². The van der Waals surface area contributed by atoms with E-state index in [1.54, 1.807) is 0 Å². The fourth-order valence-corrected chi connectivity index (χ4v) is 11.1. The summed E-state index contributed by atoms with van der Waals surface area (Å²) in [7, 11) is 0. The van der Waals surface area contributed by atoms with Gasteiger partial charge in [-0.25, -0.2) is 0 Å². The van der Waals surface area contributed by atoms with E-state index in [9.17, 15) is 0 Å². The van der Waals surface area contributed by atoms with E-state index in [1.165, 1.54) is 318 Å². The monoisotopic (exact) mass is 1100 g/mol. The van der Waals surface area contributed by atoms with Crippen molar-refractivity contribution < 1.29 is 16.5 Å². The second-order valence-corrected chi connectivity index (χ2v) is 23.7. The zero-order valence-electron chi connectivity index (χ0n) is 51.9. The second kappa shape index (κ2) is 58.4. The molecule has 0 aliphatic rings. The van der Waals surface area contributed by atoms with Crippen molar-refractivity contribution in [3.63, 3.8) is 0 Å². The second-order valence-electron chi connectivity index (χ2n) is 23.7. The first-order chi connectivity index (χ1) is 37.7. The first-order valence-electron chi connectivity index (χ1n) is 34.4. The Bertz CT molecular complexity index is 1650. The smallest absolute Gasteiger partial charge is 0.0639 e. The quantitative estimate of drug-likeness (QED) is 0.0358. The maximum Gasteiger partial charge on any atom is 0.0639 e. The van der Waals surface area contributed by atoms with Gasteiger partial charge in [-0.3, -0.25) is 9.98 Å². The third kappa shape index (κ3) is 47.1. The predicted octanol–water partition coefficient (Wildman–Crippen LogP) is 26.9. The van der Waals surface area contributed by atoms with Crippen LogP contribution in [0.15, 0.2) is 70.7 Å². The van der Waals surface area contributed by atoms with Gasteiger partial charge in [-0.2, -0.15) is 0 Å². The van der Waals surface area contributed by atoms with Crippen molar-refractivity contribution in [3.05, 3.63) is 71.8 Å². The molecular formula is C74H128N2Ni. The molecule has 2 aromatic carbocycles. The van der Waals surface area contributed by atoms with E-state index in [0.29, 0.717) is 0 Å². The van der Waals surface area contributed by atoms with E-state index in [4.69, 9.17) is 9.98 Å². The predicted molar refractivity (Wildman–Crippen MR) is 348 cm³/mol. The van der Waals surface area contributed by atoms with E-state index in [0.717, 1.165) is 49.9 Å². The summed E-state index contributed by atoms with van der Waals surface area (Å²) < 4.78 is 0. The molecular weight excluding hydrogens is 976 g/mol. The van der Waals surface area contributed by atoms with E-state index >= 15 is 0 Å². The molecule has 0 heterocycles. The number of hydrogen-bond acceptors (Lipinski definition) is 2. The molecule has 0 atom stereocenters. The maximum atomic E-state index is 5.40. The van der Waals surface area contributed by atoms with Crippen molar-refractivity contribution >= 4 is 35.0 Å². The van der Waals surface area contributed by atoms with Crippen LogP contribution in [0.4, 0.5) is 11.4 Å². The van der Waals surface area contributed by atoms with Gasteiger partial charge in [0.15, 0.2) is 0 Å². The van der Waals surface area contributed by atoms with Gasteiger partial charge in [-0.1, -0.05) is 359 Å². The number of nitrogens with zero attached hydrogens (tertiary/aromatic N) is 2. The average molecular weight is 1100 g/mol. The van der Waals surface area contributed by atoms with Crippen LogP contribution in [0.25, 0.3) is 12.2 Å². The summed E-state index contributed by atoms with van der Waals surface area (Å²) in [5.74, 6) is 0. The first-order valence-corrected chi connectivity index (χ1v) is 34.4. The van der Waals surface area contributed by atoms with Gasteiger partial charge in [-0.15, -0.1) is 0 Å². The molecule has 0 amide bonds. The van der Waals surface area contributed by atoms with Gasteiger partial charge < -0.3 is 0 Å². The molecule has 0 saturated carbocycles. The van der Waals surface area contributed by atoms with Gasteiger partial charge in [0.05, 0.1) is 22.8 Å². The Morgan fingerprint density at radius 1 is 0.286 bits per heavy atom. The number of benzene rings is 2. The summed E-state index contributed by atoms with van der Waals surface area (Å²) in [6, 6.07) is 17.8. The summed E-state index contributed by atoms with van der Waals surface area (Å²) in [5, 5.41) is 0. The fourth-order valence-electron chi connectivity index (χ4n) is 11.1. The van der Waals surface area contributed by atoms with Crippen LogP contribution >= 0.6 is 0 Å². The summed E-state index contributed by atoms with van der Waals surface area (Å²) in [5.41, 5.74) is 6.98. The Morgan fingerprint density at radius 3 is 0.792 bits per heavy atom. The summed E-state index contributed by atoms with van der Waals surface area (Å²) in [6.07, 6.45) is 81.2. The van der Waals surface area contributed by atoms with Crippen LogP contribution in [0.5, 0.6) is 0 Å². The van der Waals surface area contributed by atoms with Crippen molar-refractivity contribution in [1.29, 1.82) is 0 Å². The third-order valence-electron chi connectivity index (χ3n) is 16.2. The minimum absolute atomic E-state index is 0. The largest absolute Gasteiger partial charge is 0.252 e. The van der Waals surface area contributed by atoms with Crippen LogP contribution < -0.4 is 0 Å². The zero-order valence-corrected chi connectivity index (χ0v) is 52.9. The van der Waals surface area contributed by atoms with Gasteiger partial charge in [-0.05, 0) is 86.8 Å². The Balaban J connectivity index is 0.0000296. The number of hydrogen-bond donors (Lipinski definition) is 0. The molecule has 2 rings (SSSR count). The number of rotatable bonds is 57. The fraction of sp³-hybridized carbons (Fsp3) is 0.757.